The van der Waals surface area contributed by atoms with Gasteiger partial charge in [0.05, 0.1) is 11.5 Å². The summed E-state index contributed by atoms with van der Waals surface area (Å²) in [6.45, 7) is -0.653. The minimum absolute atomic E-state index is 0.0494. The van der Waals surface area contributed by atoms with Gasteiger partial charge in [-0.25, -0.2) is 8.42 Å². The molecule has 2 N–H and O–H groups in total. The molecule has 0 atom stereocenters. The third-order valence-corrected chi connectivity index (χ3v) is 5.25. The van der Waals surface area contributed by atoms with Gasteiger partial charge in [0.25, 0.3) is 5.69 Å². The lowest BCUT2D eigenvalue weighted by Crippen LogP contribution is -2.38. The van der Waals surface area contributed by atoms with Gasteiger partial charge < -0.3 is 10.4 Å². The van der Waals surface area contributed by atoms with Gasteiger partial charge in [0.1, 0.15) is 10.6 Å². The van der Waals surface area contributed by atoms with Gasteiger partial charge in [-0.15, -0.1) is 0 Å². The first-order chi connectivity index (χ1) is 12.2. The Balaban J connectivity index is 2.01. The monoisotopic (exact) mass is 380 g/mol. The van der Waals surface area contributed by atoms with Crippen molar-refractivity contribution in [2.75, 3.05) is 13.6 Å². The number of rotatable bonds is 7. The SMILES string of the molecule is CN(CC(=O)NCc1cc([N+](=O)[O-])ccc1O)S(=O)(=O)c1cccnc1. The molecule has 1 heterocycles. The quantitative estimate of drug-likeness (QED) is 0.530. The number of non-ortho nitro benzene ring substituents is 1. The van der Waals surface area contributed by atoms with Gasteiger partial charge in [-0.05, 0) is 18.2 Å². The van der Waals surface area contributed by atoms with E-state index in [1.807, 2.05) is 0 Å². The topological polar surface area (TPSA) is 143 Å². The molecule has 26 heavy (non-hydrogen) atoms. The number of carbonyl (C=O) groups is 1. The number of nitrogens with one attached hydrogen (secondary N) is 1. The third kappa shape index (κ3) is 4.52. The van der Waals surface area contributed by atoms with Crippen molar-refractivity contribution < 1.29 is 23.2 Å². The fourth-order valence-electron chi connectivity index (χ4n) is 2.04. The van der Waals surface area contributed by atoms with Crippen LogP contribution in [0.2, 0.25) is 0 Å². The van der Waals surface area contributed by atoms with E-state index in [9.17, 15) is 28.4 Å². The molecule has 0 saturated carbocycles. The molecular formula is C15H16N4O6S. The maximum absolute atomic E-state index is 12.3. The highest BCUT2D eigenvalue weighted by Crippen LogP contribution is 2.22. The molecule has 0 aliphatic carbocycles. The predicted molar refractivity (Wildman–Crippen MR) is 90.7 cm³/mol. The summed E-state index contributed by atoms with van der Waals surface area (Å²) < 4.78 is 25.5. The van der Waals surface area contributed by atoms with Crippen LogP contribution in [0.25, 0.3) is 0 Å². The molecular weight excluding hydrogens is 364 g/mol. The number of phenols is 1. The summed E-state index contributed by atoms with van der Waals surface area (Å²) in [6.07, 6.45) is 2.60. The van der Waals surface area contributed by atoms with Crippen LogP contribution in [0.3, 0.4) is 0 Å². The molecule has 0 bridgehead atoms. The summed E-state index contributed by atoms with van der Waals surface area (Å²) in [4.78, 5) is 25.8. The third-order valence-electron chi connectivity index (χ3n) is 3.46. The van der Waals surface area contributed by atoms with E-state index in [1.54, 1.807) is 0 Å². The number of aromatic nitrogens is 1. The Morgan fingerprint density at radius 2 is 2.12 bits per heavy atom. The van der Waals surface area contributed by atoms with E-state index in [2.05, 4.69) is 10.3 Å². The predicted octanol–water partition coefficient (Wildman–Crippen LogP) is 0.632. The molecule has 1 aromatic carbocycles. The molecule has 10 nitrogen and oxygen atoms in total. The average molecular weight is 380 g/mol. The smallest absolute Gasteiger partial charge is 0.270 e. The summed E-state index contributed by atoms with van der Waals surface area (Å²) >= 11 is 0. The van der Waals surface area contributed by atoms with Gasteiger partial charge in [0.15, 0.2) is 0 Å². The van der Waals surface area contributed by atoms with Crippen molar-refractivity contribution in [3.8, 4) is 5.75 Å². The zero-order valence-electron chi connectivity index (χ0n) is 13.7. The molecule has 1 aromatic heterocycles. The van der Waals surface area contributed by atoms with Gasteiger partial charge >= 0.3 is 0 Å². The molecule has 2 rings (SSSR count). The number of hydrogen-bond donors (Lipinski definition) is 2. The summed E-state index contributed by atoms with van der Waals surface area (Å²) in [5.41, 5.74) is -0.0892. The summed E-state index contributed by atoms with van der Waals surface area (Å²) in [6, 6.07) is 6.24. The number of sulfonamides is 1. The van der Waals surface area contributed by atoms with Crippen LogP contribution in [0, 0.1) is 10.1 Å². The van der Waals surface area contributed by atoms with Crippen LogP contribution in [-0.4, -0.2) is 47.2 Å². The van der Waals surface area contributed by atoms with Crippen LogP contribution in [-0.2, 0) is 21.4 Å². The lowest BCUT2D eigenvalue weighted by Gasteiger charge is -2.16. The van der Waals surface area contributed by atoms with Gasteiger partial charge in [0.2, 0.25) is 15.9 Å². The standard InChI is InChI=1S/C15H16N4O6S/c1-18(26(24,25)13-3-2-6-16-9-13)10-15(21)17-8-11-7-12(19(22)23)4-5-14(11)20/h2-7,9,20H,8,10H2,1H3,(H,17,21). The minimum atomic E-state index is -3.87. The number of nitro groups is 1. The molecule has 0 aliphatic heterocycles. The van der Waals surface area contributed by atoms with Crippen molar-refractivity contribution >= 4 is 21.6 Å². The highest BCUT2D eigenvalue weighted by molar-refractivity contribution is 7.89. The summed E-state index contributed by atoms with van der Waals surface area (Å²) in [7, 11) is -2.63. The summed E-state index contributed by atoms with van der Waals surface area (Å²) in [5, 5.41) is 22.9. The Kier molecular flexibility index (Phi) is 5.85. The number of carbonyl (C=O) groups excluding carboxylic acids is 1. The van der Waals surface area contributed by atoms with Crippen molar-refractivity contribution in [3.05, 3.63) is 58.4 Å². The second-order valence-corrected chi connectivity index (χ2v) is 7.34. The molecule has 138 valence electrons. The second-order valence-electron chi connectivity index (χ2n) is 5.30. The van der Waals surface area contributed by atoms with E-state index < -0.39 is 27.4 Å². The molecule has 2 aromatic rings. The Morgan fingerprint density at radius 3 is 2.73 bits per heavy atom. The minimum Gasteiger partial charge on any atom is -0.508 e. The molecule has 0 spiro atoms. The number of phenolic OH excluding ortho intramolecular Hbond substituents is 1. The van der Waals surface area contributed by atoms with Crippen molar-refractivity contribution in [1.82, 2.24) is 14.6 Å². The van der Waals surface area contributed by atoms with Crippen LogP contribution < -0.4 is 5.32 Å². The number of pyridine rings is 1. The number of nitro benzene ring substituents is 1. The first kappa shape index (κ1) is 19.3. The normalized spacial score (nSPS) is 11.3. The van der Waals surface area contributed by atoms with Gasteiger partial charge in [-0.2, -0.15) is 4.31 Å². The largest absolute Gasteiger partial charge is 0.508 e. The lowest BCUT2D eigenvalue weighted by atomic mass is 10.2. The zero-order valence-corrected chi connectivity index (χ0v) is 14.5. The maximum Gasteiger partial charge on any atom is 0.270 e. The maximum atomic E-state index is 12.3. The van der Waals surface area contributed by atoms with Gasteiger partial charge in [0, 0.05) is 43.7 Å². The average Bonchev–Trinajstić information content (AvgIpc) is 2.61. The first-order valence-electron chi connectivity index (χ1n) is 7.31. The van der Waals surface area contributed by atoms with Crippen LogP contribution in [0.1, 0.15) is 5.56 Å². The first-order valence-corrected chi connectivity index (χ1v) is 8.75. The van der Waals surface area contributed by atoms with Crippen molar-refractivity contribution in [3.63, 3.8) is 0 Å². The summed E-state index contributed by atoms with van der Waals surface area (Å²) in [5.74, 6) is -0.849. The number of amides is 1. The van der Waals surface area contributed by atoms with E-state index in [0.29, 0.717) is 0 Å². The van der Waals surface area contributed by atoms with E-state index in [0.717, 1.165) is 22.5 Å². The van der Waals surface area contributed by atoms with Crippen molar-refractivity contribution in [1.29, 1.82) is 0 Å². The Bertz CT molecular complexity index is 917. The van der Waals surface area contributed by atoms with E-state index in [1.165, 1.54) is 31.6 Å². The van der Waals surface area contributed by atoms with Gasteiger partial charge in [-0.1, -0.05) is 0 Å². The number of nitrogens with zero attached hydrogens (tertiary/aromatic N) is 3. The Morgan fingerprint density at radius 1 is 1.38 bits per heavy atom. The number of likely N-dealkylation sites (N-methyl/N-ethyl adjacent to an activating group) is 1. The van der Waals surface area contributed by atoms with E-state index >= 15 is 0 Å². The molecule has 0 radical (unpaired) electrons. The lowest BCUT2D eigenvalue weighted by molar-refractivity contribution is -0.384. The number of benzene rings is 1. The van der Waals surface area contributed by atoms with Gasteiger partial charge in [-0.3, -0.25) is 19.9 Å². The fourth-order valence-corrected chi connectivity index (χ4v) is 3.14. The molecule has 1 amide bonds. The van der Waals surface area contributed by atoms with Crippen LogP contribution in [0.15, 0.2) is 47.6 Å². The highest BCUT2D eigenvalue weighted by atomic mass is 32.2. The Labute approximate surface area is 149 Å². The molecule has 11 heteroatoms. The zero-order chi connectivity index (χ0) is 19.3. The molecule has 0 saturated heterocycles. The molecule has 0 fully saturated rings. The second kappa shape index (κ2) is 7.89. The highest BCUT2D eigenvalue weighted by Gasteiger charge is 2.23. The van der Waals surface area contributed by atoms with Crippen LogP contribution >= 0.6 is 0 Å². The molecule has 0 aliphatic rings. The number of hydrogen-bond acceptors (Lipinski definition) is 7. The van der Waals surface area contributed by atoms with E-state index in [4.69, 9.17) is 0 Å². The van der Waals surface area contributed by atoms with Crippen molar-refractivity contribution in [2.45, 2.75) is 11.4 Å². The number of aromatic hydroxyl groups is 1. The van der Waals surface area contributed by atoms with E-state index in [-0.39, 0.29) is 28.4 Å². The Hall–Kier alpha value is -3.05. The van der Waals surface area contributed by atoms with Crippen molar-refractivity contribution in [2.24, 2.45) is 0 Å². The van der Waals surface area contributed by atoms with Crippen LogP contribution in [0.5, 0.6) is 5.75 Å². The molecule has 0 unspecified atom stereocenters. The van der Waals surface area contributed by atoms with Crippen LogP contribution in [0.4, 0.5) is 5.69 Å². The fraction of sp³-hybridized carbons (Fsp3) is 0.200.